The van der Waals surface area contributed by atoms with Crippen LogP contribution >= 0.6 is 24.2 Å². The Hall–Kier alpha value is -3.26. The van der Waals surface area contributed by atoms with E-state index < -0.39 is 53.5 Å². The fourth-order valence-corrected chi connectivity index (χ4v) is 6.84. The Morgan fingerprint density at radius 2 is 1.98 bits per heavy atom. The topological polar surface area (TPSA) is 147 Å². The third kappa shape index (κ3) is 9.74. The molecule has 3 aliphatic rings. The maximum absolute atomic E-state index is 14.0. The maximum Gasteiger partial charge on any atom is 0.409 e. The Balaban J connectivity index is 1.68. The minimum absolute atomic E-state index is 0.0785. The number of epoxide rings is 1. The van der Waals surface area contributed by atoms with E-state index in [0.717, 1.165) is 11.1 Å². The number of anilines is 1. The summed E-state index contributed by atoms with van der Waals surface area (Å²) in [6, 6.07) is 3.61. The molecule has 3 unspecified atom stereocenters. The molecule has 4 rings (SSSR count). The lowest BCUT2D eigenvalue weighted by molar-refractivity contribution is -0.157. The van der Waals surface area contributed by atoms with Crippen molar-refractivity contribution < 1.29 is 43.2 Å². The van der Waals surface area contributed by atoms with Crippen molar-refractivity contribution in [1.82, 2.24) is 10.2 Å². The molecule has 3 amide bonds. The molecule has 6 atom stereocenters. The summed E-state index contributed by atoms with van der Waals surface area (Å²) in [4.78, 5) is 55.4. The van der Waals surface area contributed by atoms with Crippen LogP contribution in [0.4, 0.5) is 10.5 Å². The van der Waals surface area contributed by atoms with Gasteiger partial charge in [0.25, 0.3) is 0 Å². The molecule has 4 bridgehead atoms. The number of fused-ring (bicyclic) bond motifs is 5. The van der Waals surface area contributed by atoms with Crippen molar-refractivity contribution in [1.29, 1.82) is 0 Å². The molecule has 12 nitrogen and oxygen atoms in total. The van der Waals surface area contributed by atoms with Crippen molar-refractivity contribution in [2.75, 3.05) is 32.6 Å². The van der Waals surface area contributed by atoms with Crippen LogP contribution in [0.5, 0.6) is 5.75 Å². The smallest absolute Gasteiger partial charge is 0.409 e. The lowest BCUT2D eigenvalue weighted by Gasteiger charge is -2.39. The fourth-order valence-electron chi connectivity index (χ4n) is 6.42. The van der Waals surface area contributed by atoms with Crippen LogP contribution in [0, 0.1) is 5.92 Å². The Kier molecular flexibility index (Phi) is 12.3. The van der Waals surface area contributed by atoms with Crippen molar-refractivity contribution >= 4 is 53.8 Å². The highest BCUT2D eigenvalue weighted by Crippen LogP contribution is 2.49. The van der Waals surface area contributed by atoms with Gasteiger partial charge in [0.15, 0.2) is 0 Å². The van der Waals surface area contributed by atoms with Gasteiger partial charge in [0.2, 0.25) is 11.8 Å². The van der Waals surface area contributed by atoms with Gasteiger partial charge in [0, 0.05) is 44.0 Å². The summed E-state index contributed by atoms with van der Waals surface area (Å²) in [7, 11) is 4.60. The van der Waals surface area contributed by atoms with E-state index in [1.54, 1.807) is 26.1 Å². The van der Waals surface area contributed by atoms with E-state index in [0.29, 0.717) is 24.3 Å². The van der Waals surface area contributed by atoms with Crippen molar-refractivity contribution in [3.63, 3.8) is 0 Å². The maximum atomic E-state index is 14.0. The minimum atomic E-state index is -1.57. The highest BCUT2D eigenvalue weighted by Gasteiger charge is 2.64. The number of thiol groups is 1. The number of esters is 1. The van der Waals surface area contributed by atoms with Crippen LogP contribution in [0.15, 0.2) is 35.9 Å². The van der Waals surface area contributed by atoms with Gasteiger partial charge in [0.05, 0.1) is 25.3 Å². The molecule has 1 aromatic rings. The number of nitrogens with one attached hydrogen (secondary N) is 1. The van der Waals surface area contributed by atoms with Crippen LogP contribution in [0.2, 0.25) is 5.02 Å². The van der Waals surface area contributed by atoms with E-state index in [1.807, 2.05) is 45.9 Å². The van der Waals surface area contributed by atoms with Gasteiger partial charge >= 0.3 is 12.1 Å². The van der Waals surface area contributed by atoms with Crippen LogP contribution in [0.25, 0.3) is 0 Å². The fraction of sp³-hybridized carbons (Fsp3) is 0.611. The normalized spacial score (nSPS) is 30.5. The van der Waals surface area contributed by atoms with Crippen LogP contribution in [-0.4, -0.2) is 96.0 Å². The van der Waals surface area contributed by atoms with Gasteiger partial charge in [-0.05, 0) is 44.4 Å². The standard InChI is InChI=1S/C36H50ClN3O9S/c1-21-11-9-10-13-36(45)19-26(47-33(44)38-36)22(2)32-35(5,49-32)27(48-30(43)20-39(6)28(41)12-14-34(3,4)50)18-29(42)40(7)24-16-23(15-21)17-25(46-8)31(24)37/h9-11,16-17,22,26-27,32,45,50H,12-15,18-20H2,1-8H3,(H,38,44)/b10-9+,21-11+/t22-,26?,27+,32?,35?,36-/m1/s1. The van der Waals surface area contributed by atoms with Gasteiger partial charge in [-0.3, -0.25) is 19.7 Å². The molecule has 2 fully saturated rings. The quantitative estimate of drug-likeness (QED) is 0.200. The number of carbonyl (C=O) groups is 4. The van der Waals surface area contributed by atoms with E-state index in [9.17, 15) is 24.3 Å². The number of nitrogens with zero attached hydrogens (tertiary/aromatic N) is 2. The average molecular weight is 736 g/mol. The third-order valence-electron chi connectivity index (χ3n) is 9.59. The summed E-state index contributed by atoms with van der Waals surface area (Å²) in [5.74, 6) is -1.44. The van der Waals surface area contributed by atoms with Crippen LogP contribution < -0.4 is 15.0 Å². The number of halogens is 1. The molecule has 3 aliphatic heterocycles. The predicted molar refractivity (Wildman–Crippen MR) is 192 cm³/mol. The summed E-state index contributed by atoms with van der Waals surface area (Å²) in [5, 5.41) is 14.1. The summed E-state index contributed by atoms with van der Waals surface area (Å²) in [6.45, 7) is 8.97. The molecular formula is C36H50ClN3O9S. The molecule has 276 valence electrons. The second-order valence-corrected chi connectivity index (χ2v) is 16.1. The van der Waals surface area contributed by atoms with Crippen LogP contribution in [-0.2, 0) is 35.0 Å². The monoisotopic (exact) mass is 735 g/mol. The number of benzene rings is 1. The first-order valence-electron chi connectivity index (χ1n) is 16.8. The summed E-state index contributed by atoms with van der Waals surface area (Å²) < 4.78 is 23.0. The predicted octanol–water partition coefficient (Wildman–Crippen LogP) is 4.99. The first-order chi connectivity index (χ1) is 23.2. The minimum Gasteiger partial charge on any atom is -0.495 e. The molecule has 2 N–H and O–H groups in total. The van der Waals surface area contributed by atoms with Gasteiger partial charge in [0.1, 0.15) is 40.9 Å². The van der Waals surface area contributed by atoms with Gasteiger partial charge in [-0.2, -0.15) is 12.6 Å². The number of hydrogen-bond acceptors (Lipinski definition) is 10. The number of alkyl carbamates (subject to hydrolysis) is 1. The number of hydrogen-bond donors (Lipinski definition) is 3. The molecule has 0 radical (unpaired) electrons. The highest BCUT2D eigenvalue weighted by atomic mass is 35.5. The van der Waals surface area contributed by atoms with Crippen molar-refractivity contribution in [2.45, 2.75) is 108 Å². The molecule has 3 heterocycles. The van der Waals surface area contributed by atoms with E-state index in [-0.39, 0.29) is 47.9 Å². The van der Waals surface area contributed by atoms with Crippen LogP contribution in [0.1, 0.15) is 72.3 Å². The van der Waals surface area contributed by atoms with E-state index in [4.69, 9.17) is 30.5 Å². The SMILES string of the molecule is COc1cc2cc(c1Cl)N(C)C(=O)C[C@H](OC(=O)CN(C)C(=O)CCC(C)(C)S)C1(C)OC1[C@H](C)C1C[C@](O)(C/C=C/C=C(\C)C2)NC(=O)O1. The number of aliphatic hydroxyl groups is 1. The molecule has 50 heavy (non-hydrogen) atoms. The zero-order valence-corrected chi connectivity index (χ0v) is 31.7. The molecular weight excluding hydrogens is 686 g/mol. The van der Waals surface area contributed by atoms with Crippen molar-refractivity contribution in [2.24, 2.45) is 5.92 Å². The first kappa shape index (κ1) is 39.5. The van der Waals surface area contributed by atoms with Crippen LogP contribution in [0.3, 0.4) is 0 Å². The van der Waals surface area contributed by atoms with Gasteiger partial charge < -0.3 is 33.9 Å². The number of amides is 3. The summed E-state index contributed by atoms with van der Waals surface area (Å²) in [5.41, 5.74) is -0.499. The molecule has 0 aliphatic carbocycles. The third-order valence-corrected chi connectivity index (χ3v) is 10.2. The second kappa shape index (κ2) is 15.5. The Morgan fingerprint density at radius 1 is 1.28 bits per heavy atom. The van der Waals surface area contributed by atoms with Gasteiger partial charge in [-0.25, -0.2) is 4.79 Å². The number of carbonyl (C=O) groups excluding carboxylic acids is 4. The summed E-state index contributed by atoms with van der Waals surface area (Å²) in [6.07, 6.45) is 3.45. The number of rotatable bonds is 7. The zero-order valence-electron chi connectivity index (χ0n) is 30.1. The zero-order chi connectivity index (χ0) is 37.2. The van der Waals surface area contributed by atoms with Crippen molar-refractivity contribution in [3.8, 4) is 5.75 Å². The second-order valence-electron chi connectivity index (χ2n) is 14.5. The number of methoxy groups -OCH3 is 1. The Labute approximate surface area is 304 Å². The number of ether oxygens (including phenoxy) is 4. The lowest BCUT2D eigenvalue weighted by atomic mass is 9.84. The van der Waals surface area contributed by atoms with E-state index in [1.165, 1.54) is 24.0 Å². The highest BCUT2D eigenvalue weighted by molar-refractivity contribution is 7.81. The molecule has 0 aromatic heterocycles. The van der Waals surface area contributed by atoms with Gasteiger partial charge in [-0.1, -0.05) is 56.2 Å². The average Bonchev–Trinajstić information content (AvgIpc) is 3.72. The molecule has 1 aromatic carbocycles. The van der Waals surface area contributed by atoms with E-state index >= 15 is 0 Å². The summed E-state index contributed by atoms with van der Waals surface area (Å²) >= 11 is 11.2. The number of allylic oxidation sites excluding steroid dienone is 3. The molecule has 14 heteroatoms. The van der Waals surface area contributed by atoms with E-state index in [2.05, 4.69) is 17.9 Å². The van der Waals surface area contributed by atoms with Crippen molar-refractivity contribution in [3.05, 3.63) is 46.5 Å². The Morgan fingerprint density at radius 3 is 2.64 bits per heavy atom. The molecule has 0 spiro atoms. The first-order valence-corrected chi connectivity index (χ1v) is 17.6. The molecule has 0 saturated carbocycles. The number of likely N-dealkylation sites (N-methyl/N-ethyl adjacent to an activating group) is 1. The Bertz CT molecular complexity index is 1540. The molecule has 2 saturated heterocycles. The van der Waals surface area contributed by atoms with Gasteiger partial charge in [-0.15, -0.1) is 0 Å². The largest absolute Gasteiger partial charge is 0.495 e. The lowest BCUT2D eigenvalue weighted by Crippen LogP contribution is -2.57.